The lowest BCUT2D eigenvalue weighted by Crippen LogP contribution is -2.72. The number of carbonyl (C=O) groups is 16. The molecule has 0 unspecified atom stereocenters. The first kappa shape index (κ1) is 68.3. The molecule has 0 atom stereocenters. The Labute approximate surface area is 453 Å². The van der Waals surface area contributed by atoms with Crippen LogP contribution in [-0.4, -0.2) is 267 Å². The van der Waals surface area contributed by atoms with Crippen molar-refractivity contribution in [1.82, 2.24) is 82.4 Å². The van der Waals surface area contributed by atoms with E-state index in [0.29, 0.717) is 9.80 Å². The normalized spacial score (nSPS) is 18.2. The molecule has 24 amide bonds. The summed E-state index contributed by atoms with van der Waals surface area (Å²) in [4.78, 5) is 223. The SMILES string of the molecule is CN(C)C(=O)NOC1(C)C(=O)N(C)C(=O)N(C)C1=O.CN(C)C(=O)NOC1(C)C(=O)NC(=O)NC1=O.CO/N=C(\C)C1(ONC(=O)N(C)C)C(=O)N(C)C(=O)N(C)C1=O.CO/N=C(\C)C1(ONC(=O)N(C)C)C(=O)NC(=O)NC1=O. The zero-order valence-electron chi connectivity index (χ0n) is 46.5. The van der Waals surface area contributed by atoms with Crippen molar-refractivity contribution in [2.45, 2.75) is 50.1 Å². The second-order valence-corrected chi connectivity index (χ2v) is 17.3. The molecule has 444 valence electrons. The van der Waals surface area contributed by atoms with Crippen LogP contribution in [0.25, 0.3) is 0 Å². The Hall–Kier alpha value is -9.70. The lowest BCUT2D eigenvalue weighted by atomic mass is 9.93. The molecule has 0 spiro atoms. The summed E-state index contributed by atoms with van der Waals surface area (Å²) < 4.78 is 0. The van der Waals surface area contributed by atoms with Gasteiger partial charge in [-0.25, -0.2) is 79.6 Å². The minimum Gasteiger partial charge on any atom is -0.399 e. The second-order valence-electron chi connectivity index (χ2n) is 17.3. The lowest BCUT2D eigenvalue weighted by Gasteiger charge is -2.40. The standard InChI is InChI=1S/C12H19N5O6.C10H15N5O6.C10H16N4O5.C8H12N4O5/c1-7(13-22-6)12(23-14-10(20)15(2)3)8(18)16(4)11(21)17(5)9(12)19;1-5(13-20-4)10(21-14-9(19)15(2)3)6(16)11-8(18)12-7(10)17;1-10(19-11-8(17)12(2)3)6(15)13(4)9(18)14(5)7(10)16;1-8(17-11-7(16)12(2)3)4(13)9-6(15)10-5(8)14/h1-6H3,(H,14,20);1-4H3,(H,14,19)(H2,11,12,16,17,18);1-5H3,(H,11,17);1-3H3,(H,11,16)(H2,9,10,13,14,15)/b13-7+;13-5+;;. The van der Waals surface area contributed by atoms with Crippen molar-refractivity contribution < 1.29 is 106 Å². The number of imide groups is 8. The molecule has 4 saturated heterocycles. The molecule has 8 N–H and O–H groups in total. The first-order chi connectivity index (χ1) is 36.8. The summed E-state index contributed by atoms with van der Waals surface area (Å²) in [5.41, 5.74) is -1.21. The Morgan fingerprint density at radius 3 is 0.963 bits per heavy atom. The summed E-state index contributed by atoms with van der Waals surface area (Å²) >= 11 is 0. The Morgan fingerprint density at radius 1 is 0.412 bits per heavy atom. The molecule has 0 saturated carbocycles. The average Bonchev–Trinajstić information content (AvgIpc) is 3.38. The van der Waals surface area contributed by atoms with Gasteiger partial charge in [-0.3, -0.25) is 79.2 Å². The van der Waals surface area contributed by atoms with E-state index >= 15 is 0 Å². The van der Waals surface area contributed by atoms with E-state index in [4.69, 9.17) is 19.4 Å². The lowest BCUT2D eigenvalue weighted by molar-refractivity contribution is -0.179. The van der Waals surface area contributed by atoms with E-state index in [1.165, 1.54) is 124 Å². The first-order valence-electron chi connectivity index (χ1n) is 22.1. The van der Waals surface area contributed by atoms with E-state index < -0.39 is 118 Å². The largest absolute Gasteiger partial charge is 0.399 e. The predicted octanol–water partition coefficient (Wildman–Crippen LogP) is -5.37. The van der Waals surface area contributed by atoms with Crippen molar-refractivity contribution in [2.24, 2.45) is 10.3 Å². The highest BCUT2D eigenvalue weighted by Gasteiger charge is 2.61. The van der Waals surface area contributed by atoms with Crippen molar-refractivity contribution in [3.63, 3.8) is 0 Å². The van der Waals surface area contributed by atoms with Crippen LogP contribution in [0.15, 0.2) is 10.3 Å². The molecule has 4 fully saturated rings. The topological polar surface area (TPSA) is 475 Å². The van der Waals surface area contributed by atoms with Crippen LogP contribution in [0, 0.1) is 0 Å². The zero-order valence-corrected chi connectivity index (χ0v) is 46.5. The highest BCUT2D eigenvalue weighted by molar-refractivity contribution is 6.35. The van der Waals surface area contributed by atoms with Crippen molar-refractivity contribution in [1.29, 1.82) is 0 Å². The molecular weight excluding hydrogens is 1080 g/mol. The van der Waals surface area contributed by atoms with Crippen molar-refractivity contribution in [2.75, 3.05) is 98.8 Å². The number of hydrogen-bond donors (Lipinski definition) is 8. The maximum atomic E-state index is 12.5. The quantitative estimate of drug-likeness (QED) is 0.0514. The summed E-state index contributed by atoms with van der Waals surface area (Å²) in [5, 5.41) is 14.4. The molecule has 0 radical (unpaired) electrons. The van der Waals surface area contributed by atoms with Crippen LogP contribution >= 0.6 is 0 Å². The molecule has 0 aliphatic carbocycles. The average molecular weight is 1150 g/mol. The molecular formula is C40H62N18O22. The van der Waals surface area contributed by atoms with Gasteiger partial charge in [0.25, 0.3) is 58.5 Å². The van der Waals surface area contributed by atoms with Gasteiger partial charge in [-0.1, -0.05) is 10.3 Å². The Balaban J connectivity index is 0.000000536. The molecule has 4 aliphatic rings. The smallest absolute Gasteiger partial charge is 0.340 e. The number of barbiturate groups is 4. The summed E-state index contributed by atoms with van der Waals surface area (Å²) in [6, 6.07) is -6.24. The second kappa shape index (κ2) is 27.6. The predicted molar refractivity (Wildman–Crippen MR) is 261 cm³/mol. The fourth-order valence-corrected chi connectivity index (χ4v) is 5.63. The van der Waals surface area contributed by atoms with Crippen LogP contribution in [0.2, 0.25) is 0 Å². The van der Waals surface area contributed by atoms with Crippen LogP contribution in [0.3, 0.4) is 0 Å². The highest BCUT2D eigenvalue weighted by Crippen LogP contribution is 2.26. The van der Waals surface area contributed by atoms with E-state index in [0.717, 1.165) is 31.4 Å². The Bertz CT molecular complexity index is 2530. The Kier molecular flexibility index (Phi) is 23.5. The number of rotatable bonds is 12. The molecule has 4 aliphatic heterocycles. The maximum absolute atomic E-state index is 12.5. The van der Waals surface area contributed by atoms with Gasteiger partial charge in [-0.15, -0.1) is 0 Å². The van der Waals surface area contributed by atoms with Gasteiger partial charge in [-0.2, -0.15) is 0 Å². The van der Waals surface area contributed by atoms with Crippen LogP contribution < -0.4 is 43.2 Å². The van der Waals surface area contributed by atoms with Crippen LogP contribution in [0.1, 0.15) is 27.7 Å². The number of nitrogens with zero attached hydrogens (tertiary/aromatic N) is 10. The Morgan fingerprint density at radius 2 is 0.662 bits per heavy atom. The van der Waals surface area contributed by atoms with E-state index in [9.17, 15) is 76.7 Å². The van der Waals surface area contributed by atoms with Crippen LogP contribution in [0.5, 0.6) is 0 Å². The molecule has 4 heterocycles. The fraction of sp³-hybridized carbons (Fsp3) is 0.550. The van der Waals surface area contributed by atoms with Crippen LogP contribution in [-0.2, 0) is 67.4 Å². The molecule has 80 heavy (non-hydrogen) atoms. The van der Waals surface area contributed by atoms with Gasteiger partial charge in [0.1, 0.15) is 25.6 Å². The summed E-state index contributed by atoms with van der Waals surface area (Å²) in [5.74, 6) is -7.80. The fourth-order valence-electron chi connectivity index (χ4n) is 5.63. The third-order valence-electron chi connectivity index (χ3n) is 10.6. The van der Waals surface area contributed by atoms with E-state index in [1.807, 2.05) is 43.2 Å². The number of carbonyl (C=O) groups excluding carboxylic acids is 16. The highest BCUT2D eigenvalue weighted by atomic mass is 16.7. The van der Waals surface area contributed by atoms with Gasteiger partial charge >= 0.3 is 48.2 Å². The van der Waals surface area contributed by atoms with Crippen molar-refractivity contribution in [3.05, 3.63) is 0 Å². The molecule has 4 rings (SSSR count). The number of urea groups is 8. The molecule has 0 aromatic heterocycles. The number of oxime groups is 2. The molecule has 40 nitrogen and oxygen atoms in total. The minimum atomic E-state index is -2.35. The van der Waals surface area contributed by atoms with Gasteiger partial charge in [0, 0.05) is 84.6 Å². The van der Waals surface area contributed by atoms with Crippen molar-refractivity contribution in [3.8, 4) is 0 Å². The van der Waals surface area contributed by atoms with Gasteiger partial charge in [0.05, 0.1) is 0 Å². The zero-order chi connectivity index (χ0) is 62.3. The number of nitrogens with one attached hydrogen (secondary N) is 8. The van der Waals surface area contributed by atoms with Gasteiger partial charge in [-0.05, 0) is 27.7 Å². The third-order valence-corrected chi connectivity index (χ3v) is 10.6. The van der Waals surface area contributed by atoms with E-state index in [-0.39, 0.29) is 11.4 Å². The summed E-state index contributed by atoms with van der Waals surface area (Å²) in [6.45, 7) is 4.88. The van der Waals surface area contributed by atoms with Gasteiger partial charge < -0.3 is 29.3 Å². The molecule has 0 aromatic rings. The third kappa shape index (κ3) is 14.9. The summed E-state index contributed by atoms with van der Waals surface area (Å²) in [7, 11) is 18.8. The van der Waals surface area contributed by atoms with Gasteiger partial charge in [0.2, 0.25) is 11.2 Å². The number of amides is 24. The van der Waals surface area contributed by atoms with Gasteiger partial charge in [0.15, 0.2) is 0 Å². The molecule has 0 bridgehead atoms. The van der Waals surface area contributed by atoms with E-state index in [2.05, 4.69) is 20.0 Å². The number of likely N-dealkylation sites (N-methyl/N-ethyl adjacent to an activating group) is 4. The molecule has 0 aromatic carbocycles. The van der Waals surface area contributed by atoms with Crippen LogP contribution in [0.4, 0.5) is 38.4 Å². The summed E-state index contributed by atoms with van der Waals surface area (Å²) in [6.07, 6.45) is 0. The minimum absolute atomic E-state index is 0.180. The molecule has 40 heteroatoms. The van der Waals surface area contributed by atoms with E-state index in [1.54, 1.807) is 0 Å². The maximum Gasteiger partial charge on any atom is 0.340 e. The van der Waals surface area contributed by atoms with Crippen molar-refractivity contribution >= 4 is 107 Å². The number of hydroxylamine groups is 4. The monoisotopic (exact) mass is 1150 g/mol. The number of hydrogen-bond acceptors (Lipinski definition) is 24. The first-order valence-corrected chi connectivity index (χ1v) is 22.1.